The van der Waals surface area contributed by atoms with Crippen LogP contribution < -0.4 is 15.5 Å². The molecule has 0 spiro atoms. The van der Waals surface area contributed by atoms with Crippen molar-refractivity contribution in [3.05, 3.63) is 65.6 Å². The Morgan fingerprint density at radius 1 is 1.23 bits per heavy atom. The molecule has 0 radical (unpaired) electrons. The van der Waals surface area contributed by atoms with Gasteiger partial charge in [-0.15, -0.1) is 24.0 Å². The molecule has 31 heavy (non-hydrogen) atoms. The minimum Gasteiger partial charge on any atom is -0.361 e. The quantitative estimate of drug-likeness (QED) is 0.266. The second-order valence-electron chi connectivity index (χ2n) is 7.38. The van der Waals surface area contributed by atoms with Gasteiger partial charge >= 0.3 is 0 Å². The molecule has 0 saturated heterocycles. The zero-order valence-electron chi connectivity index (χ0n) is 17.5. The predicted molar refractivity (Wildman–Crippen MR) is 134 cm³/mol. The number of anilines is 1. The number of nitrogens with zero attached hydrogens (tertiary/aromatic N) is 2. The molecular formula is C23H27FIN5O. The Morgan fingerprint density at radius 2 is 2.06 bits per heavy atom. The van der Waals surface area contributed by atoms with Gasteiger partial charge in [0.15, 0.2) is 5.96 Å². The van der Waals surface area contributed by atoms with Crippen molar-refractivity contribution in [2.45, 2.75) is 19.3 Å². The summed E-state index contributed by atoms with van der Waals surface area (Å²) in [5, 5.41) is 7.37. The van der Waals surface area contributed by atoms with Gasteiger partial charge in [-0.3, -0.25) is 9.79 Å². The maximum Gasteiger partial charge on any atom is 0.246 e. The molecule has 6 nitrogen and oxygen atoms in total. The lowest BCUT2D eigenvalue weighted by Gasteiger charge is -2.29. The van der Waals surface area contributed by atoms with Crippen molar-refractivity contribution in [2.75, 3.05) is 31.6 Å². The average molecular weight is 535 g/mol. The van der Waals surface area contributed by atoms with Gasteiger partial charge in [0, 0.05) is 42.9 Å². The number of amides is 1. The molecule has 0 atom stereocenters. The van der Waals surface area contributed by atoms with Crippen molar-refractivity contribution in [1.29, 1.82) is 0 Å². The topological polar surface area (TPSA) is 72.5 Å². The molecule has 0 saturated carbocycles. The van der Waals surface area contributed by atoms with Crippen LogP contribution in [0.3, 0.4) is 0 Å². The third kappa shape index (κ3) is 5.36. The first-order valence-corrected chi connectivity index (χ1v) is 10.2. The number of rotatable bonds is 5. The minimum atomic E-state index is -0.250. The first-order valence-electron chi connectivity index (χ1n) is 10.2. The number of nitrogens with one attached hydrogen (secondary N) is 3. The molecule has 3 aromatic rings. The summed E-state index contributed by atoms with van der Waals surface area (Å²) in [4.78, 5) is 21.9. The summed E-state index contributed by atoms with van der Waals surface area (Å²) in [5.74, 6) is 0.364. The molecule has 0 unspecified atom stereocenters. The summed E-state index contributed by atoms with van der Waals surface area (Å²) < 4.78 is 13.3. The molecule has 2 aromatic carbocycles. The Bertz CT molecular complexity index is 1080. The Labute approximate surface area is 198 Å². The Hall–Kier alpha value is -2.62. The van der Waals surface area contributed by atoms with Crippen LogP contribution in [-0.2, 0) is 17.6 Å². The summed E-state index contributed by atoms with van der Waals surface area (Å²) in [5.41, 5.74) is 4.13. The number of aliphatic imine (C=N–C) groups is 1. The van der Waals surface area contributed by atoms with Gasteiger partial charge in [-0.05, 0) is 54.7 Å². The highest BCUT2D eigenvalue weighted by atomic mass is 127. The van der Waals surface area contributed by atoms with Crippen molar-refractivity contribution >= 4 is 52.4 Å². The van der Waals surface area contributed by atoms with Gasteiger partial charge in [-0.2, -0.15) is 0 Å². The van der Waals surface area contributed by atoms with Crippen LogP contribution in [-0.4, -0.2) is 43.5 Å². The van der Waals surface area contributed by atoms with E-state index in [1.807, 2.05) is 29.3 Å². The van der Waals surface area contributed by atoms with Crippen molar-refractivity contribution in [2.24, 2.45) is 4.99 Å². The summed E-state index contributed by atoms with van der Waals surface area (Å²) in [6.07, 6.45) is 4.64. The number of carbonyl (C=O) groups excluding carboxylic acids is 1. The highest BCUT2D eigenvalue weighted by molar-refractivity contribution is 14.0. The van der Waals surface area contributed by atoms with E-state index in [0.29, 0.717) is 12.5 Å². The zero-order valence-corrected chi connectivity index (χ0v) is 19.8. The lowest BCUT2D eigenvalue weighted by Crippen LogP contribution is -2.46. The maximum atomic E-state index is 13.3. The van der Waals surface area contributed by atoms with E-state index in [1.54, 1.807) is 13.1 Å². The van der Waals surface area contributed by atoms with Crippen molar-refractivity contribution < 1.29 is 9.18 Å². The average Bonchev–Trinajstić information content (AvgIpc) is 3.17. The molecule has 0 bridgehead atoms. The second-order valence-corrected chi connectivity index (χ2v) is 7.38. The van der Waals surface area contributed by atoms with E-state index >= 15 is 0 Å². The van der Waals surface area contributed by atoms with Gasteiger partial charge < -0.3 is 20.5 Å². The summed E-state index contributed by atoms with van der Waals surface area (Å²) in [7, 11) is 1.68. The number of fused-ring (bicyclic) bond motifs is 2. The van der Waals surface area contributed by atoms with Crippen molar-refractivity contribution in [3.8, 4) is 0 Å². The van der Waals surface area contributed by atoms with Crippen LogP contribution in [0.25, 0.3) is 10.9 Å². The maximum absolute atomic E-state index is 13.3. The standard InChI is InChI=1S/C23H26FN5O.HI/c1-25-23(26-11-10-17-14-27-20-13-18(24)8-9-19(17)20)28-15-22(30)29-12-4-6-16-5-2-3-7-21(16)29;/h2-3,5,7-9,13-14,27H,4,6,10-12,15H2,1H3,(H2,25,26,28);1H. The van der Waals surface area contributed by atoms with E-state index in [-0.39, 0.29) is 42.2 Å². The van der Waals surface area contributed by atoms with E-state index in [4.69, 9.17) is 0 Å². The van der Waals surface area contributed by atoms with Crippen LogP contribution in [0.5, 0.6) is 0 Å². The third-order valence-electron chi connectivity index (χ3n) is 5.46. The Kier molecular flexibility index (Phi) is 7.89. The van der Waals surface area contributed by atoms with E-state index in [0.717, 1.165) is 48.0 Å². The fourth-order valence-electron chi connectivity index (χ4n) is 3.95. The molecular weight excluding hydrogens is 508 g/mol. The highest BCUT2D eigenvalue weighted by Crippen LogP contribution is 2.26. The Balaban J connectivity index is 0.00000272. The first-order chi connectivity index (χ1) is 14.7. The van der Waals surface area contributed by atoms with Crippen LogP contribution in [0.4, 0.5) is 10.1 Å². The fraction of sp³-hybridized carbons (Fsp3) is 0.304. The number of aromatic amines is 1. The molecule has 1 amide bonds. The number of para-hydroxylation sites is 1. The van der Waals surface area contributed by atoms with Gasteiger partial charge in [-0.1, -0.05) is 18.2 Å². The molecule has 4 rings (SSSR count). The number of carbonyl (C=O) groups is 1. The molecule has 0 aliphatic carbocycles. The van der Waals surface area contributed by atoms with E-state index < -0.39 is 0 Å². The van der Waals surface area contributed by atoms with Gasteiger partial charge in [0.05, 0.1) is 6.54 Å². The van der Waals surface area contributed by atoms with E-state index in [9.17, 15) is 9.18 Å². The lowest BCUT2D eigenvalue weighted by atomic mass is 10.0. The van der Waals surface area contributed by atoms with E-state index in [2.05, 4.69) is 26.7 Å². The normalized spacial score (nSPS) is 13.5. The zero-order chi connectivity index (χ0) is 20.9. The lowest BCUT2D eigenvalue weighted by molar-refractivity contribution is -0.117. The summed E-state index contributed by atoms with van der Waals surface area (Å²) >= 11 is 0. The molecule has 8 heteroatoms. The molecule has 0 fully saturated rings. The summed E-state index contributed by atoms with van der Waals surface area (Å²) in [6.45, 7) is 1.57. The SMILES string of the molecule is CN=C(NCCc1c[nH]c2cc(F)ccc12)NCC(=O)N1CCCc2ccccc21.I. The molecule has 2 heterocycles. The summed E-state index contributed by atoms with van der Waals surface area (Å²) in [6, 6.07) is 12.8. The minimum absolute atomic E-state index is 0. The van der Waals surface area contributed by atoms with Crippen LogP contribution in [0.1, 0.15) is 17.5 Å². The Morgan fingerprint density at radius 3 is 2.90 bits per heavy atom. The largest absolute Gasteiger partial charge is 0.361 e. The van der Waals surface area contributed by atoms with Crippen LogP contribution in [0.15, 0.2) is 53.7 Å². The number of guanidine groups is 1. The number of hydrogen-bond donors (Lipinski definition) is 3. The molecule has 1 aliphatic rings. The van der Waals surface area contributed by atoms with Crippen LogP contribution in [0, 0.1) is 5.82 Å². The van der Waals surface area contributed by atoms with Gasteiger partial charge in [0.2, 0.25) is 5.91 Å². The molecule has 164 valence electrons. The number of aryl methyl sites for hydroxylation is 1. The third-order valence-corrected chi connectivity index (χ3v) is 5.46. The van der Waals surface area contributed by atoms with Crippen molar-refractivity contribution in [1.82, 2.24) is 15.6 Å². The van der Waals surface area contributed by atoms with Crippen LogP contribution >= 0.6 is 24.0 Å². The van der Waals surface area contributed by atoms with Crippen molar-refractivity contribution in [3.63, 3.8) is 0 Å². The van der Waals surface area contributed by atoms with Gasteiger partial charge in [-0.25, -0.2) is 4.39 Å². The molecule has 3 N–H and O–H groups in total. The first kappa shape index (κ1) is 23.1. The highest BCUT2D eigenvalue weighted by Gasteiger charge is 2.21. The number of hydrogen-bond acceptors (Lipinski definition) is 2. The van der Waals surface area contributed by atoms with Gasteiger partial charge in [0.1, 0.15) is 5.82 Å². The van der Waals surface area contributed by atoms with Crippen LogP contribution in [0.2, 0.25) is 0 Å². The molecule has 1 aliphatic heterocycles. The number of halogens is 2. The smallest absolute Gasteiger partial charge is 0.246 e. The number of aromatic nitrogens is 1. The van der Waals surface area contributed by atoms with Gasteiger partial charge in [0.25, 0.3) is 0 Å². The monoisotopic (exact) mass is 535 g/mol. The number of H-pyrrole nitrogens is 1. The molecule has 1 aromatic heterocycles. The fourth-order valence-corrected chi connectivity index (χ4v) is 3.95. The van der Waals surface area contributed by atoms with E-state index in [1.165, 1.54) is 17.7 Å². The number of benzene rings is 2. The second kappa shape index (κ2) is 10.6. The predicted octanol–water partition coefficient (Wildman–Crippen LogP) is 3.61.